The lowest BCUT2D eigenvalue weighted by molar-refractivity contribution is 0.551. The molecule has 1 atom stereocenters. The normalized spacial score (nSPS) is 12.4. The van der Waals surface area contributed by atoms with Gasteiger partial charge in [0, 0.05) is 22.4 Å². The fraction of sp³-hybridized carbons (Fsp3) is 0.154. The minimum Gasteiger partial charge on any atom is -0.271 e. The molecule has 0 aliphatic rings. The van der Waals surface area contributed by atoms with Crippen molar-refractivity contribution in [1.29, 1.82) is 0 Å². The van der Waals surface area contributed by atoms with E-state index >= 15 is 0 Å². The molecule has 1 aromatic carbocycles. The molecule has 0 saturated carbocycles. The van der Waals surface area contributed by atoms with E-state index in [2.05, 4.69) is 10.4 Å². The van der Waals surface area contributed by atoms with Gasteiger partial charge in [0.25, 0.3) is 0 Å². The van der Waals surface area contributed by atoms with Crippen LogP contribution in [0.15, 0.2) is 36.7 Å². The highest BCUT2D eigenvalue weighted by Gasteiger charge is 2.17. The summed E-state index contributed by atoms with van der Waals surface area (Å²) in [7, 11) is 0. The summed E-state index contributed by atoms with van der Waals surface area (Å²) in [5.74, 6) is 5.61. The molecule has 1 heterocycles. The van der Waals surface area contributed by atoms with Gasteiger partial charge in [-0.2, -0.15) is 0 Å². The highest BCUT2D eigenvalue weighted by Crippen LogP contribution is 2.31. The summed E-state index contributed by atoms with van der Waals surface area (Å²) < 4.78 is 0. The second-order valence-electron chi connectivity index (χ2n) is 4.02. The fourth-order valence-electron chi connectivity index (χ4n) is 1.86. The van der Waals surface area contributed by atoms with Crippen molar-refractivity contribution in [2.75, 3.05) is 0 Å². The van der Waals surface area contributed by atoms with E-state index < -0.39 is 0 Å². The van der Waals surface area contributed by atoms with Crippen LogP contribution in [0.25, 0.3) is 0 Å². The highest BCUT2D eigenvalue weighted by molar-refractivity contribution is 6.36. The van der Waals surface area contributed by atoms with Crippen molar-refractivity contribution in [2.45, 2.75) is 12.5 Å². The summed E-state index contributed by atoms with van der Waals surface area (Å²) in [4.78, 5) is 3.95. The van der Waals surface area contributed by atoms with Gasteiger partial charge in [-0.1, -0.05) is 40.9 Å². The van der Waals surface area contributed by atoms with Crippen molar-refractivity contribution in [3.63, 3.8) is 0 Å². The van der Waals surface area contributed by atoms with Gasteiger partial charge in [-0.15, -0.1) is 0 Å². The molecule has 0 fully saturated rings. The summed E-state index contributed by atoms with van der Waals surface area (Å²) in [6, 6.07) is 7.03. The Morgan fingerprint density at radius 3 is 2.37 bits per heavy atom. The zero-order valence-corrected chi connectivity index (χ0v) is 12.2. The molecule has 1 unspecified atom stereocenters. The molecule has 2 rings (SSSR count). The molecule has 100 valence electrons. The number of nitrogens with two attached hydrogens (primary N) is 1. The number of hydrogen-bond donors (Lipinski definition) is 2. The van der Waals surface area contributed by atoms with E-state index in [0.717, 1.165) is 11.1 Å². The molecule has 0 bridgehead atoms. The Morgan fingerprint density at radius 2 is 1.79 bits per heavy atom. The Labute approximate surface area is 126 Å². The molecular formula is C13H12Cl3N3. The summed E-state index contributed by atoms with van der Waals surface area (Å²) >= 11 is 18.4. The van der Waals surface area contributed by atoms with Crippen molar-refractivity contribution >= 4 is 34.8 Å². The largest absolute Gasteiger partial charge is 0.271 e. The molecule has 3 N–H and O–H groups in total. The number of benzene rings is 1. The monoisotopic (exact) mass is 315 g/mol. The van der Waals surface area contributed by atoms with Crippen LogP contribution in [-0.2, 0) is 6.42 Å². The van der Waals surface area contributed by atoms with E-state index in [0.29, 0.717) is 21.5 Å². The number of nitrogens with one attached hydrogen (secondary N) is 1. The molecule has 0 amide bonds. The number of hydrazine groups is 1. The van der Waals surface area contributed by atoms with Crippen molar-refractivity contribution in [1.82, 2.24) is 10.4 Å². The minimum absolute atomic E-state index is 0.187. The van der Waals surface area contributed by atoms with Gasteiger partial charge in [0.1, 0.15) is 0 Å². The molecular weight excluding hydrogens is 305 g/mol. The number of halogens is 3. The standard InChI is InChI=1S/C13H12Cl3N3/c14-10-2-1-3-11(15)9(10)6-13(19-17)8-4-5-18-7-12(8)16/h1-5,7,13,19H,6,17H2. The maximum Gasteiger partial charge on any atom is 0.0637 e. The zero-order valence-electron chi connectivity index (χ0n) is 9.91. The van der Waals surface area contributed by atoms with Crippen LogP contribution in [0.1, 0.15) is 17.2 Å². The minimum atomic E-state index is -0.187. The van der Waals surface area contributed by atoms with E-state index in [4.69, 9.17) is 40.6 Å². The summed E-state index contributed by atoms with van der Waals surface area (Å²) in [6.07, 6.45) is 3.79. The second kappa shape index (κ2) is 6.55. The summed E-state index contributed by atoms with van der Waals surface area (Å²) in [5.41, 5.74) is 4.42. The number of aromatic nitrogens is 1. The molecule has 19 heavy (non-hydrogen) atoms. The lowest BCUT2D eigenvalue weighted by Crippen LogP contribution is -2.30. The van der Waals surface area contributed by atoms with Crippen LogP contribution in [0, 0.1) is 0 Å². The number of nitrogens with zero attached hydrogens (tertiary/aromatic N) is 1. The van der Waals surface area contributed by atoms with Crippen molar-refractivity contribution < 1.29 is 0 Å². The van der Waals surface area contributed by atoms with E-state index in [1.807, 2.05) is 6.07 Å². The van der Waals surface area contributed by atoms with Gasteiger partial charge in [-0.3, -0.25) is 16.3 Å². The van der Waals surface area contributed by atoms with Crippen LogP contribution in [0.2, 0.25) is 15.1 Å². The van der Waals surface area contributed by atoms with Crippen molar-refractivity contribution in [3.8, 4) is 0 Å². The maximum atomic E-state index is 6.16. The average molecular weight is 317 g/mol. The molecule has 1 aromatic heterocycles. The third-order valence-corrected chi connectivity index (χ3v) is 3.87. The third-order valence-electron chi connectivity index (χ3n) is 2.85. The molecule has 0 spiro atoms. The van der Waals surface area contributed by atoms with Crippen LogP contribution in [0.3, 0.4) is 0 Å². The summed E-state index contributed by atoms with van der Waals surface area (Å²) in [6.45, 7) is 0. The lowest BCUT2D eigenvalue weighted by atomic mass is 10.00. The van der Waals surface area contributed by atoms with E-state index in [9.17, 15) is 0 Å². The molecule has 0 saturated heterocycles. The molecule has 3 nitrogen and oxygen atoms in total. The Kier molecular flexibility index (Phi) is 5.02. The molecule has 2 aromatic rings. The Morgan fingerprint density at radius 1 is 1.11 bits per heavy atom. The van der Waals surface area contributed by atoms with Crippen LogP contribution in [-0.4, -0.2) is 4.98 Å². The first-order valence-corrected chi connectivity index (χ1v) is 6.75. The summed E-state index contributed by atoms with van der Waals surface area (Å²) in [5, 5.41) is 1.77. The molecule has 6 heteroatoms. The smallest absolute Gasteiger partial charge is 0.0637 e. The lowest BCUT2D eigenvalue weighted by Gasteiger charge is -2.18. The van der Waals surface area contributed by atoms with Crippen LogP contribution in [0.5, 0.6) is 0 Å². The number of pyridine rings is 1. The van der Waals surface area contributed by atoms with Gasteiger partial charge in [-0.05, 0) is 35.7 Å². The zero-order chi connectivity index (χ0) is 13.8. The second-order valence-corrected chi connectivity index (χ2v) is 5.24. The van der Waals surface area contributed by atoms with Gasteiger partial charge in [0.2, 0.25) is 0 Å². The topological polar surface area (TPSA) is 50.9 Å². The van der Waals surface area contributed by atoms with E-state index in [-0.39, 0.29) is 6.04 Å². The number of hydrogen-bond acceptors (Lipinski definition) is 3. The van der Waals surface area contributed by atoms with Crippen LogP contribution in [0.4, 0.5) is 0 Å². The molecule has 0 aliphatic heterocycles. The SMILES string of the molecule is NNC(Cc1c(Cl)cccc1Cl)c1ccncc1Cl. The van der Waals surface area contributed by atoms with Gasteiger partial charge < -0.3 is 0 Å². The fourth-order valence-corrected chi connectivity index (χ4v) is 2.66. The first kappa shape index (κ1) is 14.6. The van der Waals surface area contributed by atoms with Crippen molar-refractivity contribution in [3.05, 3.63) is 62.9 Å². The van der Waals surface area contributed by atoms with Gasteiger partial charge in [0.15, 0.2) is 0 Å². The van der Waals surface area contributed by atoms with Crippen molar-refractivity contribution in [2.24, 2.45) is 5.84 Å². The van der Waals surface area contributed by atoms with Gasteiger partial charge in [0.05, 0.1) is 11.1 Å². The predicted octanol–water partition coefficient (Wildman–Crippen LogP) is 3.79. The van der Waals surface area contributed by atoms with Crippen LogP contribution >= 0.6 is 34.8 Å². The Bertz CT molecular complexity index is 555. The highest BCUT2D eigenvalue weighted by atomic mass is 35.5. The van der Waals surface area contributed by atoms with E-state index in [1.54, 1.807) is 30.6 Å². The Balaban J connectivity index is 2.32. The first-order valence-electron chi connectivity index (χ1n) is 5.62. The Hall–Kier alpha value is -0.840. The van der Waals surface area contributed by atoms with Gasteiger partial charge >= 0.3 is 0 Å². The number of rotatable bonds is 4. The quantitative estimate of drug-likeness (QED) is 0.666. The molecule has 0 aliphatic carbocycles. The van der Waals surface area contributed by atoms with Gasteiger partial charge in [-0.25, -0.2) is 0 Å². The molecule has 0 radical (unpaired) electrons. The average Bonchev–Trinajstić information content (AvgIpc) is 2.40. The third kappa shape index (κ3) is 3.38. The predicted molar refractivity (Wildman–Crippen MR) is 79.5 cm³/mol. The van der Waals surface area contributed by atoms with Crippen LogP contribution < -0.4 is 11.3 Å². The first-order chi connectivity index (χ1) is 9.13. The maximum absolute atomic E-state index is 6.16. The van der Waals surface area contributed by atoms with E-state index in [1.165, 1.54) is 0 Å².